The largest absolute Gasteiger partial charge is 0.490 e. The van der Waals surface area contributed by atoms with E-state index in [0.29, 0.717) is 29.8 Å². The number of nitrogens with one attached hydrogen (secondary N) is 1. The summed E-state index contributed by atoms with van der Waals surface area (Å²) in [6.45, 7) is 1.30. The van der Waals surface area contributed by atoms with Crippen LogP contribution >= 0.6 is 23.2 Å². The minimum absolute atomic E-state index is 0.131. The molecule has 0 saturated carbocycles. The molecule has 1 N–H and O–H groups in total. The first-order valence-corrected chi connectivity index (χ1v) is 6.83. The molecule has 0 fully saturated rings. The van der Waals surface area contributed by atoms with Crippen molar-refractivity contribution in [2.45, 2.75) is 6.42 Å². The first-order valence-electron chi connectivity index (χ1n) is 6.07. The average Bonchev–Trinajstić information content (AvgIpc) is 2.67. The summed E-state index contributed by atoms with van der Waals surface area (Å²) < 4.78 is 11.2. The number of benzene rings is 1. The molecule has 0 saturated heterocycles. The van der Waals surface area contributed by atoms with Gasteiger partial charge in [-0.1, -0.05) is 11.6 Å². The van der Waals surface area contributed by atoms with Crippen molar-refractivity contribution < 1.29 is 9.47 Å². The molecule has 5 nitrogen and oxygen atoms in total. The van der Waals surface area contributed by atoms with E-state index in [1.54, 1.807) is 0 Å². The maximum Gasteiger partial charge on any atom is 0.224 e. The number of ether oxygens (including phenoxy) is 2. The molecule has 2 aromatic rings. The van der Waals surface area contributed by atoms with E-state index >= 15 is 0 Å². The van der Waals surface area contributed by atoms with Crippen molar-refractivity contribution in [2.24, 2.45) is 0 Å². The van der Waals surface area contributed by atoms with E-state index < -0.39 is 0 Å². The van der Waals surface area contributed by atoms with Crippen LogP contribution in [0, 0.1) is 0 Å². The normalized spacial score (nSPS) is 13.7. The Bertz CT molecular complexity index is 637. The maximum atomic E-state index is 6.01. The first-order chi connectivity index (χ1) is 9.72. The molecule has 0 atom stereocenters. The van der Waals surface area contributed by atoms with Crippen LogP contribution in [0.5, 0.6) is 11.5 Å². The van der Waals surface area contributed by atoms with Gasteiger partial charge >= 0.3 is 0 Å². The van der Waals surface area contributed by atoms with Crippen molar-refractivity contribution >= 4 is 34.7 Å². The van der Waals surface area contributed by atoms with Crippen LogP contribution in [0.25, 0.3) is 0 Å². The van der Waals surface area contributed by atoms with E-state index in [-0.39, 0.29) is 5.28 Å². The van der Waals surface area contributed by atoms with Gasteiger partial charge in [-0.15, -0.1) is 0 Å². The van der Waals surface area contributed by atoms with Crippen molar-refractivity contribution in [1.29, 1.82) is 0 Å². The van der Waals surface area contributed by atoms with Crippen LogP contribution in [-0.2, 0) is 0 Å². The number of rotatable bonds is 2. The third-order valence-corrected chi connectivity index (χ3v) is 3.18. The van der Waals surface area contributed by atoms with Crippen molar-refractivity contribution in [2.75, 3.05) is 18.5 Å². The van der Waals surface area contributed by atoms with Gasteiger partial charge in [0.25, 0.3) is 0 Å². The van der Waals surface area contributed by atoms with Gasteiger partial charge in [-0.25, -0.2) is 4.98 Å². The Morgan fingerprint density at radius 2 is 1.90 bits per heavy atom. The summed E-state index contributed by atoms with van der Waals surface area (Å²) in [5.41, 5.74) is 0.783. The number of aromatic nitrogens is 2. The van der Waals surface area contributed by atoms with Gasteiger partial charge < -0.3 is 14.8 Å². The fourth-order valence-electron chi connectivity index (χ4n) is 1.81. The Kier molecular flexibility index (Phi) is 3.80. The lowest BCUT2D eigenvalue weighted by molar-refractivity contribution is 0.297. The second-order valence-corrected chi connectivity index (χ2v) is 4.92. The highest BCUT2D eigenvalue weighted by Gasteiger charge is 2.12. The number of nitrogens with zero attached hydrogens (tertiary/aromatic N) is 2. The van der Waals surface area contributed by atoms with Crippen molar-refractivity contribution in [3.8, 4) is 11.5 Å². The quantitative estimate of drug-likeness (QED) is 0.857. The van der Waals surface area contributed by atoms with Gasteiger partial charge in [0.2, 0.25) is 5.28 Å². The van der Waals surface area contributed by atoms with Crippen LogP contribution in [0.3, 0.4) is 0 Å². The van der Waals surface area contributed by atoms with Gasteiger partial charge in [0.05, 0.1) is 19.4 Å². The Balaban J connectivity index is 1.87. The van der Waals surface area contributed by atoms with Crippen LogP contribution in [0.1, 0.15) is 6.42 Å². The molecule has 2 heterocycles. The summed E-state index contributed by atoms with van der Waals surface area (Å²) in [5.74, 6) is 1.88. The monoisotopic (exact) mass is 311 g/mol. The zero-order valence-corrected chi connectivity index (χ0v) is 11.9. The van der Waals surface area contributed by atoms with Gasteiger partial charge in [0, 0.05) is 18.2 Å². The fraction of sp³-hybridized carbons (Fsp3) is 0.231. The highest BCUT2D eigenvalue weighted by molar-refractivity contribution is 6.33. The van der Waals surface area contributed by atoms with Gasteiger partial charge in [-0.05, 0) is 23.7 Å². The minimum Gasteiger partial charge on any atom is -0.490 e. The van der Waals surface area contributed by atoms with Crippen LogP contribution in [-0.4, -0.2) is 23.2 Å². The zero-order chi connectivity index (χ0) is 13.9. The molecular formula is C13H11Cl2N3O2. The van der Waals surface area contributed by atoms with Gasteiger partial charge in [-0.3, -0.25) is 0 Å². The minimum atomic E-state index is 0.131. The highest BCUT2D eigenvalue weighted by Crippen LogP contribution is 2.34. The van der Waals surface area contributed by atoms with Crippen LogP contribution in [0.15, 0.2) is 24.4 Å². The molecular weight excluding hydrogens is 301 g/mol. The summed E-state index contributed by atoms with van der Waals surface area (Å²) in [4.78, 5) is 7.84. The van der Waals surface area contributed by atoms with E-state index in [9.17, 15) is 0 Å². The Hall–Kier alpha value is -1.72. The van der Waals surface area contributed by atoms with Crippen molar-refractivity contribution in [3.63, 3.8) is 0 Å². The van der Waals surface area contributed by atoms with E-state index in [0.717, 1.165) is 17.9 Å². The zero-order valence-electron chi connectivity index (χ0n) is 10.4. The average molecular weight is 312 g/mol. The second kappa shape index (κ2) is 5.73. The van der Waals surface area contributed by atoms with Gasteiger partial charge in [-0.2, -0.15) is 4.98 Å². The van der Waals surface area contributed by atoms with E-state index in [1.807, 2.05) is 18.2 Å². The topological polar surface area (TPSA) is 56.3 Å². The van der Waals surface area contributed by atoms with E-state index in [2.05, 4.69) is 15.3 Å². The number of halogens is 2. The fourth-order valence-corrected chi connectivity index (χ4v) is 2.08. The summed E-state index contributed by atoms with van der Waals surface area (Å²) in [6.07, 6.45) is 2.31. The van der Waals surface area contributed by atoms with E-state index in [1.165, 1.54) is 6.20 Å². The molecule has 20 heavy (non-hydrogen) atoms. The van der Waals surface area contributed by atoms with E-state index in [4.69, 9.17) is 32.7 Å². The van der Waals surface area contributed by atoms with Gasteiger partial charge in [0.15, 0.2) is 17.3 Å². The second-order valence-electron chi connectivity index (χ2n) is 4.17. The lowest BCUT2D eigenvalue weighted by Crippen LogP contribution is -1.98. The molecule has 1 aliphatic rings. The van der Waals surface area contributed by atoms with Crippen molar-refractivity contribution in [1.82, 2.24) is 9.97 Å². The Morgan fingerprint density at radius 3 is 2.75 bits per heavy atom. The molecule has 0 radical (unpaired) electrons. The smallest absolute Gasteiger partial charge is 0.224 e. The summed E-state index contributed by atoms with van der Waals surface area (Å²) >= 11 is 11.8. The van der Waals surface area contributed by atoms with Gasteiger partial charge in [0.1, 0.15) is 5.02 Å². The number of hydrogen-bond donors (Lipinski definition) is 1. The standard InChI is InChI=1S/C13H11Cl2N3O2/c14-9-7-16-13(15)18-12(9)17-8-2-3-10-11(6-8)20-5-1-4-19-10/h2-3,6-7H,1,4-5H2,(H,16,17,18). The maximum absolute atomic E-state index is 6.01. The molecule has 0 unspecified atom stereocenters. The molecule has 1 aliphatic heterocycles. The van der Waals surface area contributed by atoms with Crippen LogP contribution < -0.4 is 14.8 Å². The highest BCUT2D eigenvalue weighted by atomic mass is 35.5. The summed E-state index contributed by atoms with van der Waals surface area (Å²) in [5, 5.41) is 3.60. The molecule has 0 bridgehead atoms. The third-order valence-electron chi connectivity index (χ3n) is 2.72. The number of hydrogen-bond acceptors (Lipinski definition) is 5. The molecule has 1 aromatic carbocycles. The predicted octanol–water partition coefficient (Wildman–Crippen LogP) is 3.69. The molecule has 104 valence electrons. The first kappa shape index (κ1) is 13.3. The molecule has 0 spiro atoms. The summed E-state index contributed by atoms with van der Waals surface area (Å²) in [6, 6.07) is 5.55. The molecule has 0 aliphatic carbocycles. The van der Waals surface area contributed by atoms with Crippen molar-refractivity contribution in [3.05, 3.63) is 34.7 Å². The molecule has 0 amide bonds. The van der Waals surface area contributed by atoms with Crippen LogP contribution in [0.2, 0.25) is 10.3 Å². The number of anilines is 2. The summed E-state index contributed by atoms with van der Waals surface area (Å²) in [7, 11) is 0. The number of fused-ring (bicyclic) bond motifs is 1. The SMILES string of the molecule is Clc1ncc(Cl)c(Nc2ccc3c(c2)OCCCO3)n1. The predicted molar refractivity (Wildman–Crippen MR) is 77.4 cm³/mol. The Morgan fingerprint density at radius 1 is 1.10 bits per heavy atom. The van der Waals surface area contributed by atoms with Crippen LogP contribution in [0.4, 0.5) is 11.5 Å². The molecule has 1 aromatic heterocycles. The molecule has 7 heteroatoms. The lowest BCUT2D eigenvalue weighted by Gasteiger charge is -2.11. The molecule has 3 rings (SSSR count). The Labute approximate surface area is 125 Å². The third kappa shape index (κ3) is 2.89. The lowest BCUT2D eigenvalue weighted by atomic mass is 10.2.